The van der Waals surface area contributed by atoms with Crippen LogP contribution in [0.4, 0.5) is 4.79 Å². The average molecular weight is 280 g/mol. The molecular formula is C10H20N2O5S. The predicted octanol–water partition coefficient (Wildman–Crippen LogP) is -0.0743. The van der Waals surface area contributed by atoms with Gasteiger partial charge in [0.25, 0.3) is 0 Å². The fourth-order valence-corrected chi connectivity index (χ4v) is 1.68. The second-order valence-electron chi connectivity index (χ2n) is 4.39. The van der Waals surface area contributed by atoms with Gasteiger partial charge in [-0.05, 0) is 13.8 Å². The van der Waals surface area contributed by atoms with Gasteiger partial charge in [0.15, 0.2) is 9.84 Å². The van der Waals surface area contributed by atoms with E-state index in [1.54, 1.807) is 0 Å². The van der Waals surface area contributed by atoms with Crippen molar-refractivity contribution in [1.29, 1.82) is 0 Å². The highest BCUT2D eigenvalue weighted by Crippen LogP contribution is 2.12. The van der Waals surface area contributed by atoms with Crippen LogP contribution in [0, 0.1) is 0 Å². The number of nitrogens with one attached hydrogen (secondary N) is 1. The summed E-state index contributed by atoms with van der Waals surface area (Å²) in [6, 6.07) is -0.617. The molecule has 0 aromatic rings. The molecule has 106 valence electrons. The lowest BCUT2D eigenvalue weighted by molar-refractivity contribution is -0.146. The van der Waals surface area contributed by atoms with Crippen molar-refractivity contribution in [2.75, 3.05) is 25.1 Å². The molecule has 2 amide bonds. The van der Waals surface area contributed by atoms with Crippen LogP contribution in [-0.4, -0.2) is 61.1 Å². The van der Waals surface area contributed by atoms with E-state index in [4.69, 9.17) is 5.11 Å². The second kappa shape index (κ2) is 6.03. The molecule has 0 fully saturated rings. The number of hydrogen-bond acceptors (Lipinski definition) is 4. The number of carbonyl (C=O) groups is 2. The number of carbonyl (C=O) groups excluding carboxylic acids is 1. The van der Waals surface area contributed by atoms with E-state index in [9.17, 15) is 18.0 Å². The standard InChI is InChI=1S/C10H20N2O5S/c1-5-18(16,17)7-6-11-9(15)12(4)10(2,3)8(13)14/h5-7H2,1-4H3,(H,11,15)(H,13,14). The summed E-state index contributed by atoms with van der Waals surface area (Å²) in [5.41, 5.74) is -1.35. The highest BCUT2D eigenvalue weighted by Gasteiger charge is 2.35. The van der Waals surface area contributed by atoms with Crippen LogP contribution in [-0.2, 0) is 14.6 Å². The Balaban J connectivity index is 4.40. The van der Waals surface area contributed by atoms with Gasteiger partial charge in [0.2, 0.25) is 0 Å². The molecule has 18 heavy (non-hydrogen) atoms. The Morgan fingerprint density at radius 2 is 1.83 bits per heavy atom. The number of amides is 2. The van der Waals surface area contributed by atoms with Gasteiger partial charge in [0, 0.05) is 19.3 Å². The Hall–Kier alpha value is -1.31. The van der Waals surface area contributed by atoms with Crippen LogP contribution in [0.1, 0.15) is 20.8 Å². The molecule has 2 N–H and O–H groups in total. The zero-order valence-corrected chi connectivity index (χ0v) is 11.9. The van der Waals surface area contributed by atoms with E-state index in [1.807, 2.05) is 0 Å². The maximum atomic E-state index is 11.6. The van der Waals surface area contributed by atoms with Crippen LogP contribution >= 0.6 is 0 Å². The molecule has 0 unspecified atom stereocenters. The number of sulfone groups is 1. The van der Waals surface area contributed by atoms with Gasteiger partial charge in [0.1, 0.15) is 5.54 Å². The lowest BCUT2D eigenvalue weighted by Gasteiger charge is -2.31. The van der Waals surface area contributed by atoms with Crippen LogP contribution in [0.25, 0.3) is 0 Å². The third-order valence-corrected chi connectivity index (χ3v) is 4.50. The molecule has 0 rings (SSSR count). The fraction of sp³-hybridized carbons (Fsp3) is 0.800. The summed E-state index contributed by atoms with van der Waals surface area (Å²) in [5.74, 6) is -1.28. The molecule has 0 radical (unpaired) electrons. The molecule has 0 saturated carbocycles. The first-order valence-corrected chi connectivity index (χ1v) is 7.32. The van der Waals surface area contributed by atoms with E-state index in [1.165, 1.54) is 27.8 Å². The number of nitrogens with zero attached hydrogens (tertiary/aromatic N) is 1. The van der Waals surface area contributed by atoms with Gasteiger partial charge in [-0.2, -0.15) is 0 Å². The Morgan fingerprint density at radius 3 is 2.22 bits per heavy atom. The molecular weight excluding hydrogens is 260 g/mol. The van der Waals surface area contributed by atoms with Crippen LogP contribution in [0.3, 0.4) is 0 Å². The van der Waals surface area contributed by atoms with Gasteiger partial charge >= 0.3 is 12.0 Å². The Labute approximate surface area is 107 Å². The van der Waals surface area contributed by atoms with Gasteiger partial charge < -0.3 is 15.3 Å². The van der Waals surface area contributed by atoms with E-state index >= 15 is 0 Å². The molecule has 0 aliphatic carbocycles. The predicted molar refractivity (Wildman–Crippen MR) is 67.2 cm³/mol. The minimum atomic E-state index is -3.14. The first kappa shape index (κ1) is 16.7. The number of urea groups is 1. The topological polar surface area (TPSA) is 104 Å². The first-order chi connectivity index (χ1) is 8.04. The highest BCUT2D eigenvalue weighted by molar-refractivity contribution is 7.91. The normalized spacial score (nSPS) is 12.0. The molecule has 0 atom stereocenters. The Kier molecular flexibility index (Phi) is 5.59. The summed E-state index contributed by atoms with van der Waals surface area (Å²) >= 11 is 0. The van der Waals surface area contributed by atoms with Gasteiger partial charge in [0.05, 0.1) is 5.75 Å². The molecule has 8 heteroatoms. The van der Waals surface area contributed by atoms with Crippen molar-refractivity contribution in [3.8, 4) is 0 Å². The summed E-state index contributed by atoms with van der Waals surface area (Å²) in [6.07, 6.45) is 0. The largest absolute Gasteiger partial charge is 0.480 e. The molecule has 0 aliphatic rings. The van der Waals surface area contributed by atoms with E-state index in [2.05, 4.69) is 5.32 Å². The third kappa shape index (κ3) is 4.52. The molecule has 0 bridgehead atoms. The number of likely N-dealkylation sites (N-methyl/N-ethyl adjacent to an activating group) is 1. The molecule has 0 aromatic heterocycles. The van der Waals surface area contributed by atoms with Crippen LogP contribution in [0.15, 0.2) is 0 Å². The lowest BCUT2D eigenvalue weighted by Crippen LogP contribution is -2.54. The number of carboxylic acids is 1. The average Bonchev–Trinajstić information content (AvgIpc) is 2.27. The maximum absolute atomic E-state index is 11.6. The van der Waals surface area contributed by atoms with E-state index in [0.717, 1.165) is 4.90 Å². The Morgan fingerprint density at radius 1 is 1.33 bits per heavy atom. The van der Waals surface area contributed by atoms with Gasteiger partial charge in [-0.3, -0.25) is 0 Å². The molecule has 0 heterocycles. The van der Waals surface area contributed by atoms with Gasteiger partial charge in [-0.25, -0.2) is 18.0 Å². The Bertz CT molecular complexity index is 416. The zero-order chi connectivity index (χ0) is 14.6. The van der Waals surface area contributed by atoms with Crippen LogP contribution in [0.2, 0.25) is 0 Å². The number of rotatable bonds is 6. The van der Waals surface area contributed by atoms with Crippen molar-refractivity contribution in [3.05, 3.63) is 0 Å². The lowest BCUT2D eigenvalue weighted by atomic mass is 10.1. The molecule has 0 aromatic carbocycles. The number of carboxylic acid groups (broad SMARTS) is 1. The molecule has 7 nitrogen and oxygen atoms in total. The van der Waals surface area contributed by atoms with Crippen molar-refractivity contribution in [3.63, 3.8) is 0 Å². The van der Waals surface area contributed by atoms with Gasteiger partial charge in [-0.15, -0.1) is 0 Å². The fourth-order valence-electron chi connectivity index (χ4n) is 0.974. The van der Waals surface area contributed by atoms with Crippen molar-refractivity contribution in [1.82, 2.24) is 10.2 Å². The minimum absolute atomic E-state index is 0.0132. The zero-order valence-electron chi connectivity index (χ0n) is 11.1. The summed E-state index contributed by atoms with van der Waals surface area (Å²) in [7, 11) is -1.80. The summed E-state index contributed by atoms with van der Waals surface area (Å²) < 4.78 is 22.4. The number of hydrogen-bond donors (Lipinski definition) is 2. The first-order valence-electron chi connectivity index (χ1n) is 5.50. The van der Waals surface area contributed by atoms with Crippen molar-refractivity contribution in [2.45, 2.75) is 26.3 Å². The van der Waals surface area contributed by atoms with E-state index in [0.29, 0.717) is 0 Å². The van der Waals surface area contributed by atoms with Crippen molar-refractivity contribution < 1.29 is 23.1 Å². The monoisotopic (exact) mass is 280 g/mol. The van der Waals surface area contributed by atoms with Crippen molar-refractivity contribution in [2.24, 2.45) is 0 Å². The van der Waals surface area contributed by atoms with Crippen LogP contribution in [0.5, 0.6) is 0 Å². The molecule has 0 aliphatic heterocycles. The highest BCUT2D eigenvalue weighted by atomic mass is 32.2. The SMILES string of the molecule is CCS(=O)(=O)CCNC(=O)N(C)C(C)(C)C(=O)O. The molecule has 0 spiro atoms. The van der Waals surface area contributed by atoms with Crippen LogP contribution < -0.4 is 5.32 Å². The van der Waals surface area contributed by atoms with E-state index < -0.39 is 27.4 Å². The summed E-state index contributed by atoms with van der Waals surface area (Å²) in [5, 5.41) is 11.3. The smallest absolute Gasteiger partial charge is 0.329 e. The van der Waals surface area contributed by atoms with Crippen molar-refractivity contribution >= 4 is 21.8 Å². The number of aliphatic carboxylic acids is 1. The van der Waals surface area contributed by atoms with E-state index in [-0.39, 0.29) is 18.1 Å². The third-order valence-electron chi connectivity index (χ3n) is 2.80. The molecule has 0 saturated heterocycles. The van der Waals surface area contributed by atoms with Gasteiger partial charge in [-0.1, -0.05) is 6.92 Å². The minimum Gasteiger partial charge on any atom is -0.480 e. The second-order valence-corrected chi connectivity index (χ2v) is 6.86. The quantitative estimate of drug-likeness (QED) is 0.708. The summed E-state index contributed by atoms with van der Waals surface area (Å²) in [4.78, 5) is 23.6. The summed E-state index contributed by atoms with van der Waals surface area (Å²) in [6.45, 7) is 4.27. The maximum Gasteiger partial charge on any atom is 0.329 e.